The number of rotatable bonds is 4. The highest BCUT2D eigenvalue weighted by Crippen LogP contribution is 2.34. The first-order valence-electron chi connectivity index (χ1n) is 5.88. The zero-order valence-electron chi connectivity index (χ0n) is 10.1. The van der Waals surface area contributed by atoms with Gasteiger partial charge in [0.25, 0.3) is 0 Å². The Kier molecular flexibility index (Phi) is 3.06. The van der Waals surface area contributed by atoms with E-state index in [-0.39, 0.29) is 12.7 Å². The number of aromatic nitrogens is 1. The second-order valence-electron chi connectivity index (χ2n) is 4.10. The van der Waals surface area contributed by atoms with Crippen LogP contribution in [0.5, 0.6) is 11.5 Å². The zero-order chi connectivity index (χ0) is 13.1. The van der Waals surface area contributed by atoms with Crippen LogP contribution in [0.15, 0.2) is 35.3 Å². The van der Waals surface area contributed by atoms with Gasteiger partial charge in [-0.3, -0.25) is 4.79 Å². The summed E-state index contributed by atoms with van der Waals surface area (Å²) in [6.45, 7) is 0.221. The van der Waals surface area contributed by atoms with Gasteiger partial charge in [-0.05, 0) is 12.1 Å². The number of ether oxygens (including phenoxy) is 2. The molecule has 6 heteroatoms. The number of nitrogens with one attached hydrogen (secondary N) is 1. The number of anilines is 1. The van der Waals surface area contributed by atoms with Crippen molar-refractivity contribution in [2.24, 2.45) is 0 Å². The first-order chi connectivity index (χ1) is 9.31. The Labute approximate surface area is 109 Å². The molecule has 3 rings (SSSR count). The van der Waals surface area contributed by atoms with Crippen molar-refractivity contribution in [3.05, 3.63) is 36.5 Å². The van der Waals surface area contributed by atoms with Crippen molar-refractivity contribution >= 4 is 11.6 Å². The fraction of sp³-hybridized carbons (Fsp3) is 0.231. The Morgan fingerprint density at radius 3 is 3.05 bits per heavy atom. The molecule has 0 radical (unpaired) electrons. The van der Waals surface area contributed by atoms with Gasteiger partial charge in [-0.25, -0.2) is 4.98 Å². The Bertz CT molecular complexity index is 580. The van der Waals surface area contributed by atoms with Crippen LogP contribution in [0.1, 0.15) is 12.1 Å². The first kappa shape index (κ1) is 11.6. The summed E-state index contributed by atoms with van der Waals surface area (Å²) in [4.78, 5) is 15.7. The van der Waals surface area contributed by atoms with Crippen LogP contribution in [0.4, 0.5) is 5.69 Å². The molecular weight excluding hydrogens is 248 g/mol. The largest absolute Gasteiger partial charge is 0.454 e. The van der Waals surface area contributed by atoms with Crippen molar-refractivity contribution in [3.63, 3.8) is 0 Å². The maximum Gasteiger partial charge on any atom is 0.231 e. The molecule has 1 N–H and O–H groups in total. The van der Waals surface area contributed by atoms with E-state index < -0.39 is 0 Å². The second kappa shape index (κ2) is 5.01. The van der Waals surface area contributed by atoms with Gasteiger partial charge < -0.3 is 19.2 Å². The molecule has 19 heavy (non-hydrogen) atoms. The molecular formula is C13H12N2O4. The third-order valence-electron chi connectivity index (χ3n) is 2.75. The Morgan fingerprint density at radius 2 is 2.21 bits per heavy atom. The number of carbonyl (C=O) groups is 1. The SMILES string of the molecule is O=C(CCc1cocn1)Nc1ccc2c(c1)OCO2. The van der Waals surface area contributed by atoms with E-state index in [1.165, 1.54) is 12.7 Å². The minimum absolute atomic E-state index is 0.0816. The van der Waals surface area contributed by atoms with Gasteiger partial charge in [0.2, 0.25) is 12.7 Å². The topological polar surface area (TPSA) is 73.6 Å². The molecule has 0 spiro atoms. The van der Waals surface area contributed by atoms with Crippen LogP contribution >= 0.6 is 0 Å². The van der Waals surface area contributed by atoms with Gasteiger partial charge in [0, 0.05) is 24.6 Å². The molecule has 0 bridgehead atoms. The van der Waals surface area contributed by atoms with E-state index in [4.69, 9.17) is 13.9 Å². The summed E-state index contributed by atoms with van der Waals surface area (Å²) in [5.41, 5.74) is 1.45. The molecule has 2 aromatic rings. The number of nitrogens with zero attached hydrogens (tertiary/aromatic N) is 1. The molecule has 1 aromatic carbocycles. The van der Waals surface area contributed by atoms with Crippen molar-refractivity contribution in [2.45, 2.75) is 12.8 Å². The maximum absolute atomic E-state index is 11.8. The van der Waals surface area contributed by atoms with Gasteiger partial charge in [-0.2, -0.15) is 0 Å². The van der Waals surface area contributed by atoms with Crippen LogP contribution in [0.25, 0.3) is 0 Å². The van der Waals surface area contributed by atoms with Crippen molar-refractivity contribution in [1.82, 2.24) is 4.98 Å². The molecule has 98 valence electrons. The van der Waals surface area contributed by atoms with E-state index in [1.807, 2.05) is 0 Å². The van der Waals surface area contributed by atoms with Crippen molar-refractivity contribution in [2.75, 3.05) is 12.1 Å². The fourth-order valence-electron chi connectivity index (χ4n) is 1.80. The van der Waals surface area contributed by atoms with Gasteiger partial charge in [0.05, 0.1) is 5.69 Å². The molecule has 1 aliphatic rings. The summed E-state index contributed by atoms with van der Waals surface area (Å²) in [6, 6.07) is 5.30. The van der Waals surface area contributed by atoms with E-state index in [9.17, 15) is 4.79 Å². The molecule has 1 aromatic heterocycles. The summed E-state index contributed by atoms with van der Waals surface area (Å²) in [5.74, 6) is 1.26. The number of fused-ring (bicyclic) bond motifs is 1. The second-order valence-corrected chi connectivity index (χ2v) is 4.10. The highest BCUT2D eigenvalue weighted by Gasteiger charge is 2.14. The minimum atomic E-state index is -0.0816. The standard InChI is InChI=1S/C13H12N2O4/c16-13(4-2-10-6-17-7-14-10)15-9-1-3-11-12(5-9)19-8-18-11/h1,3,5-7H,2,4,8H2,(H,15,16). The van der Waals surface area contributed by atoms with Crippen molar-refractivity contribution in [1.29, 1.82) is 0 Å². The van der Waals surface area contributed by atoms with Crippen molar-refractivity contribution in [3.8, 4) is 11.5 Å². The number of hydrogen-bond donors (Lipinski definition) is 1. The molecule has 0 unspecified atom stereocenters. The predicted molar refractivity (Wildman–Crippen MR) is 66.0 cm³/mol. The molecule has 1 amide bonds. The van der Waals surface area contributed by atoms with Gasteiger partial charge in [-0.1, -0.05) is 0 Å². The number of carbonyl (C=O) groups excluding carboxylic acids is 1. The Hall–Kier alpha value is -2.50. The molecule has 0 fully saturated rings. The van der Waals surface area contributed by atoms with Gasteiger partial charge >= 0.3 is 0 Å². The van der Waals surface area contributed by atoms with Crippen LogP contribution in [0, 0.1) is 0 Å². The minimum Gasteiger partial charge on any atom is -0.454 e. The smallest absolute Gasteiger partial charge is 0.231 e. The van der Waals surface area contributed by atoms with E-state index in [0.717, 1.165) is 5.69 Å². The number of aryl methyl sites for hydroxylation is 1. The highest BCUT2D eigenvalue weighted by molar-refractivity contribution is 5.91. The van der Waals surface area contributed by atoms with E-state index in [1.54, 1.807) is 18.2 Å². The lowest BCUT2D eigenvalue weighted by molar-refractivity contribution is -0.116. The van der Waals surface area contributed by atoms with E-state index in [0.29, 0.717) is 30.0 Å². The summed E-state index contributed by atoms with van der Waals surface area (Å²) in [5, 5.41) is 2.80. The van der Waals surface area contributed by atoms with Gasteiger partial charge in [-0.15, -0.1) is 0 Å². The monoisotopic (exact) mass is 260 g/mol. The normalized spacial score (nSPS) is 12.4. The van der Waals surface area contributed by atoms with Gasteiger partial charge in [0.1, 0.15) is 6.26 Å². The van der Waals surface area contributed by atoms with Crippen LogP contribution in [-0.2, 0) is 11.2 Å². The van der Waals surface area contributed by atoms with E-state index in [2.05, 4.69) is 10.3 Å². The Morgan fingerprint density at radius 1 is 1.32 bits per heavy atom. The summed E-state index contributed by atoms with van der Waals surface area (Å²) < 4.78 is 15.3. The predicted octanol–water partition coefficient (Wildman–Crippen LogP) is 1.97. The highest BCUT2D eigenvalue weighted by atomic mass is 16.7. The van der Waals surface area contributed by atoms with Crippen molar-refractivity contribution < 1.29 is 18.7 Å². The molecule has 6 nitrogen and oxygen atoms in total. The maximum atomic E-state index is 11.8. The van der Waals surface area contributed by atoms with Crippen LogP contribution in [0.2, 0.25) is 0 Å². The zero-order valence-corrected chi connectivity index (χ0v) is 10.1. The number of hydrogen-bond acceptors (Lipinski definition) is 5. The average molecular weight is 260 g/mol. The Balaban J connectivity index is 1.57. The summed E-state index contributed by atoms with van der Waals surface area (Å²) >= 11 is 0. The van der Waals surface area contributed by atoms with Gasteiger partial charge in [0.15, 0.2) is 17.9 Å². The lowest BCUT2D eigenvalue weighted by atomic mass is 10.2. The molecule has 1 aliphatic heterocycles. The third-order valence-corrected chi connectivity index (χ3v) is 2.75. The molecule has 2 heterocycles. The number of benzene rings is 1. The van der Waals surface area contributed by atoms with Crippen LogP contribution in [-0.4, -0.2) is 17.7 Å². The molecule has 0 atom stereocenters. The van der Waals surface area contributed by atoms with Crippen LogP contribution in [0.3, 0.4) is 0 Å². The summed E-state index contributed by atoms with van der Waals surface area (Å²) in [6.07, 6.45) is 3.78. The number of oxazole rings is 1. The van der Waals surface area contributed by atoms with E-state index >= 15 is 0 Å². The average Bonchev–Trinajstić information content (AvgIpc) is 3.07. The molecule has 0 saturated heterocycles. The first-order valence-corrected chi connectivity index (χ1v) is 5.88. The lowest BCUT2D eigenvalue weighted by Gasteiger charge is -2.05. The quantitative estimate of drug-likeness (QED) is 0.909. The summed E-state index contributed by atoms with van der Waals surface area (Å²) in [7, 11) is 0. The lowest BCUT2D eigenvalue weighted by Crippen LogP contribution is -2.12. The fourth-order valence-corrected chi connectivity index (χ4v) is 1.80. The number of amides is 1. The third kappa shape index (κ3) is 2.67. The van der Waals surface area contributed by atoms with Crippen LogP contribution < -0.4 is 14.8 Å². The molecule has 0 aliphatic carbocycles. The molecule has 0 saturated carbocycles.